The number of halogens is 1. The van der Waals surface area contributed by atoms with Crippen molar-refractivity contribution in [3.8, 4) is 17.2 Å². The number of hydrogen-bond acceptors (Lipinski definition) is 7. The van der Waals surface area contributed by atoms with Crippen LogP contribution in [0.15, 0.2) is 36.4 Å². The third-order valence-electron chi connectivity index (χ3n) is 5.33. The molecular weight excluding hydrogens is 450 g/mol. The van der Waals surface area contributed by atoms with Crippen LogP contribution in [0.5, 0.6) is 17.2 Å². The number of thiazole rings is 1. The van der Waals surface area contributed by atoms with Crippen LogP contribution in [0.2, 0.25) is 5.02 Å². The Morgan fingerprint density at radius 1 is 1.06 bits per heavy atom. The first-order chi connectivity index (χ1) is 15.5. The fourth-order valence-corrected chi connectivity index (χ4v) is 4.94. The van der Waals surface area contributed by atoms with E-state index in [1.54, 1.807) is 57.0 Å². The van der Waals surface area contributed by atoms with Gasteiger partial charge in [0.2, 0.25) is 11.7 Å². The van der Waals surface area contributed by atoms with Gasteiger partial charge in [-0.25, -0.2) is 4.98 Å². The van der Waals surface area contributed by atoms with Gasteiger partial charge in [0.1, 0.15) is 5.52 Å². The van der Waals surface area contributed by atoms with Gasteiger partial charge in [-0.1, -0.05) is 29.0 Å². The predicted octanol–water partition coefficient (Wildman–Crippen LogP) is 4.34. The summed E-state index contributed by atoms with van der Waals surface area (Å²) in [7, 11) is 4.69. The lowest BCUT2D eigenvalue weighted by Crippen LogP contribution is -2.48. The Labute approximate surface area is 195 Å². The van der Waals surface area contributed by atoms with Gasteiger partial charge in [-0.05, 0) is 35.9 Å². The van der Waals surface area contributed by atoms with Crippen molar-refractivity contribution in [3.05, 3.63) is 47.0 Å². The number of fused-ring (bicyclic) bond motifs is 1. The van der Waals surface area contributed by atoms with Gasteiger partial charge in [0, 0.05) is 32.3 Å². The molecule has 1 saturated heterocycles. The minimum atomic E-state index is -0.0363. The molecule has 4 rings (SSSR count). The lowest BCUT2D eigenvalue weighted by atomic mass is 10.1. The maximum Gasteiger partial charge on any atom is 0.246 e. The maximum atomic E-state index is 12.7. The van der Waals surface area contributed by atoms with E-state index in [9.17, 15) is 4.79 Å². The second-order valence-corrected chi connectivity index (χ2v) is 8.60. The van der Waals surface area contributed by atoms with Crippen LogP contribution in [0, 0.1) is 0 Å². The van der Waals surface area contributed by atoms with Gasteiger partial charge in [-0.15, -0.1) is 0 Å². The summed E-state index contributed by atoms with van der Waals surface area (Å²) in [6.07, 6.45) is 3.34. The van der Waals surface area contributed by atoms with Gasteiger partial charge in [0.25, 0.3) is 0 Å². The van der Waals surface area contributed by atoms with Crippen LogP contribution in [0.25, 0.3) is 16.3 Å². The van der Waals surface area contributed by atoms with Crippen molar-refractivity contribution in [1.29, 1.82) is 0 Å². The molecule has 7 nitrogen and oxygen atoms in total. The quantitative estimate of drug-likeness (QED) is 0.496. The second kappa shape index (κ2) is 9.67. The summed E-state index contributed by atoms with van der Waals surface area (Å²) in [4.78, 5) is 21.5. The lowest BCUT2D eigenvalue weighted by Gasteiger charge is -2.34. The van der Waals surface area contributed by atoms with Gasteiger partial charge in [0.15, 0.2) is 16.6 Å². The highest BCUT2D eigenvalue weighted by Gasteiger charge is 2.22. The lowest BCUT2D eigenvalue weighted by molar-refractivity contribution is -0.126. The van der Waals surface area contributed by atoms with E-state index in [1.807, 2.05) is 23.1 Å². The van der Waals surface area contributed by atoms with Crippen LogP contribution in [-0.2, 0) is 4.79 Å². The molecular formula is C23H24ClN3O4S. The molecule has 168 valence electrons. The van der Waals surface area contributed by atoms with Crippen molar-refractivity contribution >= 4 is 50.3 Å². The van der Waals surface area contributed by atoms with Crippen LogP contribution < -0.4 is 19.1 Å². The molecule has 0 bridgehead atoms. The number of para-hydroxylation sites is 1. The molecule has 1 amide bonds. The average molecular weight is 474 g/mol. The minimum absolute atomic E-state index is 0.0363. The minimum Gasteiger partial charge on any atom is -0.493 e. The van der Waals surface area contributed by atoms with Crippen molar-refractivity contribution in [1.82, 2.24) is 9.88 Å². The first-order valence-corrected chi connectivity index (χ1v) is 11.3. The first-order valence-electron chi connectivity index (χ1n) is 10.1. The number of benzene rings is 2. The average Bonchev–Trinajstić information content (AvgIpc) is 3.27. The van der Waals surface area contributed by atoms with E-state index in [1.165, 1.54) is 0 Å². The van der Waals surface area contributed by atoms with E-state index in [4.69, 9.17) is 25.8 Å². The van der Waals surface area contributed by atoms with Crippen LogP contribution in [-0.4, -0.2) is 63.3 Å². The number of piperazine rings is 1. The van der Waals surface area contributed by atoms with Gasteiger partial charge in [-0.2, -0.15) is 0 Å². The highest BCUT2D eigenvalue weighted by molar-refractivity contribution is 7.22. The number of aromatic nitrogens is 1. The van der Waals surface area contributed by atoms with Gasteiger partial charge >= 0.3 is 0 Å². The Bertz CT molecular complexity index is 1130. The van der Waals surface area contributed by atoms with Crippen LogP contribution in [0.1, 0.15) is 5.56 Å². The van der Waals surface area contributed by atoms with Gasteiger partial charge in [0.05, 0.1) is 31.1 Å². The molecule has 1 aliphatic heterocycles. The van der Waals surface area contributed by atoms with E-state index in [0.717, 1.165) is 34.0 Å². The monoisotopic (exact) mass is 473 g/mol. The molecule has 0 unspecified atom stereocenters. The summed E-state index contributed by atoms with van der Waals surface area (Å²) in [5.74, 6) is 1.57. The maximum absolute atomic E-state index is 12.7. The molecule has 3 aromatic rings. The number of hydrogen-bond donors (Lipinski definition) is 0. The third kappa shape index (κ3) is 4.47. The van der Waals surface area contributed by atoms with Crippen LogP contribution in [0.3, 0.4) is 0 Å². The van der Waals surface area contributed by atoms with Crippen molar-refractivity contribution in [2.45, 2.75) is 0 Å². The summed E-state index contributed by atoms with van der Waals surface area (Å²) < 4.78 is 17.2. The zero-order valence-corrected chi connectivity index (χ0v) is 19.7. The Hall–Kier alpha value is -2.97. The SMILES string of the molecule is COc1cc(/C=C\C(=O)N2CCN(c3nc4c(Cl)cccc4s3)CC2)cc(OC)c1OC. The molecule has 1 fully saturated rings. The Morgan fingerprint density at radius 2 is 1.75 bits per heavy atom. The summed E-state index contributed by atoms with van der Waals surface area (Å²) in [6, 6.07) is 9.42. The Kier molecular flexibility index (Phi) is 6.72. The third-order valence-corrected chi connectivity index (χ3v) is 6.71. The largest absolute Gasteiger partial charge is 0.493 e. The molecule has 0 saturated carbocycles. The molecule has 9 heteroatoms. The smallest absolute Gasteiger partial charge is 0.246 e. The summed E-state index contributed by atoms with van der Waals surface area (Å²) in [5.41, 5.74) is 1.62. The number of carbonyl (C=O) groups is 1. The van der Waals surface area contributed by atoms with E-state index >= 15 is 0 Å². The summed E-state index contributed by atoms with van der Waals surface area (Å²) in [6.45, 7) is 2.70. The molecule has 1 aromatic heterocycles. The van der Waals surface area contributed by atoms with E-state index in [-0.39, 0.29) is 5.91 Å². The molecule has 2 aromatic carbocycles. The van der Waals surface area contributed by atoms with Crippen LogP contribution in [0.4, 0.5) is 5.13 Å². The highest BCUT2D eigenvalue weighted by Crippen LogP contribution is 2.38. The van der Waals surface area contributed by atoms with Crippen molar-refractivity contribution in [3.63, 3.8) is 0 Å². The Balaban J connectivity index is 1.41. The molecule has 0 radical (unpaired) electrons. The molecule has 32 heavy (non-hydrogen) atoms. The predicted molar refractivity (Wildman–Crippen MR) is 129 cm³/mol. The molecule has 2 heterocycles. The fraction of sp³-hybridized carbons (Fsp3) is 0.304. The number of carbonyl (C=O) groups excluding carboxylic acids is 1. The highest BCUT2D eigenvalue weighted by atomic mass is 35.5. The number of methoxy groups -OCH3 is 3. The summed E-state index contributed by atoms with van der Waals surface area (Å²) >= 11 is 7.88. The van der Waals surface area contributed by atoms with Crippen LogP contribution >= 0.6 is 22.9 Å². The molecule has 1 aliphatic rings. The van der Waals surface area contributed by atoms with E-state index < -0.39 is 0 Å². The normalized spacial score (nSPS) is 14.2. The fourth-order valence-electron chi connectivity index (χ4n) is 3.63. The van der Waals surface area contributed by atoms with E-state index in [2.05, 4.69) is 9.88 Å². The van der Waals surface area contributed by atoms with Crippen molar-refractivity contribution in [2.24, 2.45) is 0 Å². The number of nitrogens with zero attached hydrogens (tertiary/aromatic N) is 3. The zero-order valence-electron chi connectivity index (χ0n) is 18.1. The number of amides is 1. The van der Waals surface area contributed by atoms with E-state index in [0.29, 0.717) is 35.4 Å². The topological polar surface area (TPSA) is 64.1 Å². The number of ether oxygens (including phenoxy) is 3. The van der Waals surface area contributed by atoms with Gasteiger partial charge in [-0.3, -0.25) is 4.79 Å². The molecule has 0 atom stereocenters. The number of anilines is 1. The molecule has 0 N–H and O–H groups in total. The standard InChI is InChI=1S/C23H24ClN3O4S/c1-29-17-13-15(14-18(30-2)22(17)31-3)7-8-20(28)26-9-11-27(12-10-26)23-25-21-16(24)5-4-6-19(21)32-23/h4-8,13-14H,9-12H2,1-3H3/b8-7-. The molecule has 0 aliphatic carbocycles. The number of rotatable bonds is 6. The molecule has 0 spiro atoms. The second-order valence-electron chi connectivity index (χ2n) is 7.19. The first kappa shape index (κ1) is 22.2. The van der Waals surface area contributed by atoms with Gasteiger partial charge < -0.3 is 24.0 Å². The summed E-state index contributed by atoms with van der Waals surface area (Å²) in [5, 5.41) is 1.60. The van der Waals surface area contributed by atoms with Crippen molar-refractivity contribution < 1.29 is 19.0 Å². The Morgan fingerprint density at radius 3 is 2.34 bits per heavy atom. The van der Waals surface area contributed by atoms with Crippen molar-refractivity contribution in [2.75, 3.05) is 52.4 Å². The zero-order chi connectivity index (χ0) is 22.7.